The molecule has 2 rings (SSSR count). The van der Waals surface area contributed by atoms with E-state index in [9.17, 15) is 9.59 Å². The van der Waals surface area contributed by atoms with Gasteiger partial charge in [0.15, 0.2) is 11.5 Å². The molecule has 1 aliphatic rings. The first kappa shape index (κ1) is 18.6. The van der Waals surface area contributed by atoms with Gasteiger partial charge in [0, 0.05) is 19.2 Å². The maximum atomic E-state index is 12.4. The second-order valence-corrected chi connectivity index (χ2v) is 5.82. The molecule has 1 aliphatic heterocycles. The maximum Gasteiger partial charge on any atom is 0.246 e. The number of likely N-dealkylation sites (tertiary alicyclic amines) is 1. The normalized spacial score (nSPS) is 17.4. The molecule has 0 radical (unpaired) electrons. The van der Waals surface area contributed by atoms with Gasteiger partial charge in [0.25, 0.3) is 0 Å². The first-order chi connectivity index (χ1) is 12.0. The molecule has 0 saturated carbocycles. The van der Waals surface area contributed by atoms with Gasteiger partial charge < -0.3 is 24.8 Å². The molecule has 25 heavy (non-hydrogen) atoms. The quantitative estimate of drug-likeness (QED) is 0.786. The van der Waals surface area contributed by atoms with Crippen molar-refractivity contribution in [2.24, 2.45) is 11.7 Å². The lowest BCUT2D eigenvalue weighted by molar-refractivity contribution is -0.130. The van der Waals surface area contributed by atoms with Crippen LogP contribution in [-0.2, 0) is 9.59 Å². The Hall–Kier alpha value is -2.70. The summed E-state index contributed by atoms with van der Waals surface area (Å²) in [6.45, 7) is 0.996. The third-order valence-electron chi connectivity index (χ3n) is 4.24. The summed E-state index contributed by atoms with van der Waals surface area (Å²) in [4.78, 5) is 25.3. The van der Waals surface area contributed by atoms with Gasteiger partial charge in [-0.3, -0.25) is 9.59 Å². The summed E-state index contributed by atoms with van der Waals surface area (Å²) in [7, 11) is 4.60. The third kappa shape index (κ3) is 4.43. The first-order valence-corrected chi connectivity index (χ1v) is 8.06. The highest BCUT2D eigenvalue weighted by atomic mass is 16.5. The van der Waals surface area contributed by atoms with Gasteiger partial charge in [-0.25, -0.2) is 0 Å². The lowest BCUT2D eigenvalue weighted by Gasteiger charge is -2.30. The first-order valence-electron chi connectivity index (χ1n) is 8.06. The minimum Gasteiger partial charge on any atom is -0.493 e. The number of carbonyl (C=O) groups excluding carboxylic acids is 2. The Bertz CT molecular complexity index is 646. The van der Waals surface area contributed by atoms with Crippen molar-refractivity contribution >= 4 is 17.9 Å². The number of methoxy groups -OCH3 is 3. The molecule has 1 unspecified atom stereocenters. The van der Waals surface area contributed by atoms with Gasteiger partial charge in [0.05, 0.1) is 27.2 Å². The minimum absolute atomic E-state index is 0.153. The topological polar surface area (TPSA) is 91.1 Å². The van der Waals surface area contributed by atoms with Crippen LogP contribution in [0.5, 0.6) is 17.2 Å². The van der Waals surface area contributed by atoms with E-state index in [2.05, 4.69) is 0 Å². The van der Waals surface area contributed by atoms with Crippen molar-refractivity contribution in [2.45, 2.75) is 12.8 Å². The highest BCUT2D eigenvalue weighted by Gasteiger charge is 2.25. The predicted octanol–water partition coefficient (Wildman–Crippen LogP) is 1.45. The summed E-state index contributed by atoms with van der Waals surface area (Å²) in [5.41, 5.74) is 6.09. The van der Waals surface area contributed by atoms with E-state index in [-0.39, 0.29) is 17.7 Å². The van der Waals surface area contributed by atoms with Gasteiger partial charge in [-0.2, -0.15) is 0 Å². The summed E-state index contributed by atoms with van der Waals surface area (Å²) in [5.74, 6) is 0.744. The fourth-order valence-electron chi connectivity index (χ4n) is 2.88. The average Bonchev–Trinajstić information content (AvgIpc) is 2.64. The largest absolute Gasteiger partial charge is 0.493 e. The van der Waals surface area contributed by atoms with Gasteiger partial charge >= 0.3 is 0 Å². The molecule has 1 fully saturated rings. The van der Waals surface area contributed by atoms with Crippen LogP contribution in [0, 0.1) is 5.92 Å². The summed E-state index contributed by atoms with van der Waals surface area (Å²) < 4.78 is 15.9. The van der Waals surface area contributed by atoms with Crippen molar-refractivity contribution in [1.82, 2.24) is 4.90 Å². The Balaban J connectivity index is 2.15. The van der Waals surface area contributed by atoms with Crippen molar-refractivity contribution < 1.29 is 23.8 Å². The molecule has 0 spiro atoms. The zero-order valence-corrected chi connectivity index (χ0v) is 14.8. The van der Waals surface area contributed by atoms with Crippen LogP contribution in [0.2, 0.25) is 0 Å². The Kier molecular flexibility index (Phi) is 6.27. The number of rotatable bonds is 6. The molecule has 1 aromatic rings. The zero-order chi connectivity index (χ0) is 18.4. The Labute approximate surface area is 147 Å². The number of amides is 2. The highest BCUT2D eigenvalue weighted by Crippen LogP contribution is 2.38. The Morgan fingerprint density at radius 3 is 2.32 bits per heavy atom. The molecule has 0 aromatic heterocycles. The number of nitrogens with two attached hydrogens (primary N) is 1. The van der Waals surface area contributed by atoms with Crippen molar-refractivity contribution in [3.63, 3.8) is 0 Å². The minimum atomic E-state index is -0.355. The van der Waals surface area contributed by atoms with Crippen molar-refractivity contribution in [3.8, 4) is 17.2 Å². The van der Waals surface area contributed by atoms with Gasteiger partial charge in [0.1, 0.15) is 0 Å². The fourth-order valence-corrected chi connectivity index (χ4v) is 2.88. The fraction of sp³-hybridized carbons (Fsp3) is 0.444. The van der Waals surface area contributed by atoms with Crippen LogP contribution in [0.15, 0.2) is 18.2 Å². The van der Waals surface area contributed by atoms with Crippen LogP contribution >= 0.6 is 0 Å². The number of carbonyl (C=O) groups is 2. The number of nitrogens with zero attached hydrogens (tertiary/aromatic N) is 1. The standard InChI is InChI=1S/C18H24N2O5/c1-23-14-9-12(10-15(24-2)17(14)25-3)6-7-16(21)20-8-4-5-13(11-20)18(19)22/h6-7,9-10,13H,4-5,8,11H2,1-3H3,(H2,19,22)/b7-6+. The molecule has 1 atom stereocenters. The second kappa shape index (κ2) is 8.41. The molecule has 7 nitrogen and oxygen atoms in total. The number of piperidine rings is 1. The van der Waals surface area contributed by atoms with E-state index in [4.69, 9.17) is 19.9 Å². The van der Waals surface area contributed by atoms with Gasteiger partial charge in [0.2, 0.25) is 17.6 Å². The molecule has 2 N–H and O–H groups in total. The SMILES string of the molecule is COc1cc(/C=C/C(=O)N2CCCC(C(N)=O)C2)cc(OC)c1OC. The number of hydrogen-bond acceptors (Lipinski definition) is 5. The third-order valence-corrected chi connectivity index (χ3v) is 4.24. The monoisotopic (exact) mass is 348 g/mol. The molecule has 7 heteroatoms. The molecular formula is C18H24N2O5. The Morgan fingerprint density at radius 1 is 1.16 bits per heavy atom. The molecule has 1 aromatic carbocycles. The number of primary amides is 1. The van der Waals surface area contributed by atoms with Gasteiger partial charge in [-0.15, -0.1) is 0 Å². The molecule has 1 heterocycles. The van der Waals surface area contributed by atoms with E-state index < -0.39 is 0 Å². The van der Waals surface area contributed by atoms with Crippen LogP contribution in [0.4, 0.5) is 0 Å². The van der Waals surface area contributed by atoms with E-state index in [1.807, 2.05) is 0 Å². The van der Waals surface area contributed by atoms with E-state index in [1.165, 1.54) is 27.4 Å². The lowest BCUT2D eigenvalue weighted by atomic mass is 9.97. The molecule has 0 aliphatic carbocycles. The molecular weight excluding hydrogens is 324 g/mol. The van der Waals surface area contributed by atoms with E-state index >= 15 is 0 Å². The predicted molar refractivity (Wildman–Crippen MR) is 93.6 cm³/mol. The lowest BCUT2D eigenvalue weighted by Crippen LogP contribution is -2.43. The summed E-state index contributed by atoms with van der Waals surface area (Å²) in [6, 6.07) is 3.51. The number of hydrogen-bond donors (Lipinski definition) is 1. The molecule has 136 valence electrons. The molecule has 1 saturated heterocycles. The van der Waals surface area contributed by atoms with Crippen molar-refractivity contribution in [2.75, 3.05) is 34.4 Å². The van der Waals surface area contributed by atoms with Gasteiger partial charge in [-0.05, 0) is 36.6 Å². The summed E-state index contributed by atoms with van der Waals surface area (Å²) in [5, 5.41) is 0. The number of ether oxygens (including phenoxy) is 3. The molecule has 0 bridgehead atoms. The van der Waals surface area contributed by atoms with E-state index in [0.29, 0.717) is 30.3 Å². The Morgan fingerprint density at radius 2 is 1.80 bits per heavy atom. The number of benzene rings is 1. The van der Waals surface area contributed by atoms with Crippen molar-refractivity contribution in [3.05, 3.63) is 23.8 Å². The smallest absolute Gasteiger partial charge is 0.246 e. The maximum absolute atomic E-state index is 12.4. The van der Waals surface area contributed by atoms with Crippen LogP contribution in [0.3, 0.4) is 0 Å². The average molecular weight is 348 g/mol. The zero-order valence-electron chi connectivity index (χ0n) is 14.8. The van der Waals surface area contributed by atoms with Crippen LogP contribution < -0.4 is 19.9 Å². The summed E-state index contributed by atoms with van der Waals surface area (Å²) in [6.07, 6.45) is 4.66. The highest BCUT2D eigenvalue weighted by molar-refractivity contribution is 5.92. The van der Waals surface area contributed by atoms with E-state index in [0.717, 1.165) is 18.4 Å². The molecule has 2 amide bonds. The van der Waals surface area contributed by atoms with Crippen LogP contribution in [0.25, 0.3) is 6.08 Å². The van der Waals surface area contributed by atoms with Crippen molar-refractivity contribution in [1.29, 1.82) is 0 Å². The van der Waals surface area contributed by atoms with Gasteiger partial charge in [-0.1, -0.05) is 0 Å². The van der Waals surface area contributed by atoms with Crippen LogP contribution in [0.1, 0.15) is 18.4 Å². The van der Waals surface area contributed by atoms with Crippen LogP contribution in [-0.4, -0.2) is 51.1 Å². The van der Waals surface area contributed by atoms with E-state index in [1.54, 1.807) is 23.1 Å². The second-order valence-electron chi connectivity index (χ2n) is 5.82. The summed E-state index contributed by atoms with van der Waals surface area (Å²) >= 11 is 0.